The molecule has 1 saturated heterocycles. The second-order valence-corrected chi connectivity index (χ2v) is 7.58. The van der Waals surface area contributed by atoms with Crippen LogP contribution in [0.2, 0.25) is 0 Å². The minimum Gasteiger partial charge on any atom is -0.493 e. The Labute approximate surface area is 162 Å². The van der Waals surface area contributed by atoms with Crippen molar-refractivity contribution in [3.05, 3.63) is 22.2 Å². The average Bonchev–Trinajstić information content (AvgIpc) is 3.50. The van der Waals surface area contributed by atoms with Crippen LogP contribution in [0.15, 0.2) is 16.6 Å². The molecule has 7 heteroatoms. The molecule has 2 fully saturated rings. The number of carbonyl (C=O) groups is 2. The van der Waals surface area contributed by atoms with Gasteiger partial charge < -0.3 is 19.3 Å². The van der Waals surface area contributed by atoms with Crippen LogP contribution in [0.3, 0.4) is 0 Å². The molecule has 0 unspecified atom stereocenters. The zero-order valence-electron chi connectivity index (χ0n) is 15.3. The molecule has 142 valence electrons. The first kappa shape index (κ1) is 19.0. The fourth-order valence-corrected chi connectivity index (χ4v) is 3.64. The summed E-state index contributed by atoms with van der Waals surface area (Å²) < 4.78 is 11.8. The number of benzene rings is 1. The number of carbonyl (C=O) groups excluding carboxylic acids is 2. The summed E-state index contributed by atoms with van der Waals surface area (Å²) in [4.78, 5) is 28.7. The first-order chi connectivity index (χ1) is 12.5. The van der Waals surface area contributed by atoms with Gasteiger partial charge in [0.05, 0.1) is 18.2 Å². The van der Waals surface area contributed by atoms with Crippen LogP contribution < -0.4 is 9.47 Å². The number of ether oxygens (including phenoxy) is 2. The van der Waals surface area contributed by atoms with Crippen molar-refractivity contribution in [3.8, 4) is 11.5 Å². The summed E-state index contributed by atoms with van der Waals surface area (Å²) in [6.45, 7) is 4.95. The minimum atomic E-state index is -0.0513. The number of halogens is 1. The molecule has 1 aliphatic carbocycles. The molecule has 0 radical (unpaired) electrons. The zero-order valence-corrected chi connectivity index (χ0v) is 16.9. The molecule has 0 spiro atoms. The van der Waals surface area contributed by atoms with Crippen molar-refractivity contribution in [1.82, 2.24) is 9.80 Å². The number of hydrogen-bond acceptors (Lipinski definition) is 4. The molecular formula is C19H25BrN2O4. The van der Waals surface area contributed by atoms with Crippen molar-refractivity contribution in [2.45, 2.75) is 26.2 Å². The lowest BCUT2D eigenvalue weighted by molar-refractivity contribution is -0.134. The van der Waals surface area contributed by atoms with Crippen LogP contribution in [0.5, 0.6) is 11.5 Å². The van der Waals surface area contributed by atoms with Gasteiger partial charge in [-0.3, -0.25) is 9.59 Å². The molecular weight excluding hydrogens is 400 g/mol. The van der Waals surface area contributed by atoms with Crippen molar-refractivity contribution < 1.29 is 19.1 Å². The Bertz CT molecular complexity index is 682. The Balaban J connectivity index is 1.67. The third-order valence-corrected chi connectivity index (χ3v) is 5.32. The van der Waals surface area contributed by atoms with E-state index >= 15 is 0 Å². The lowest BCUT2D eigenvalue weighted by Crippen LogP contribution is -2.51. The maximum absolute atomic E-state index is 12.9. The van der Waals surface area contributed by atoms with Gasteiger partial charge in [0.1, 0.15) is 0 Å². The number of amides is 2. The van der Waals surface area contributed by atoms with E-state index in [4.69, 9.17) is 9.47 Å². The normalized spacial score (nSPS) is 17.2. The van der Waals surface area contributed by atoms with E-state index in [0.717, 1.165) is 19.3 Å². The highest BCUT2D eigenvalue weighted by atomic mass is 79.9. The monoisotopic (exact) mass is 424 g/mol. The van der Waals surface area contributed by atoms with E-state index < -0.39 is 0 Å². The van der Waals surface area contributed by atoms with E-state index in [1.165, 1.54) is 0 Å². The van der Waals surface area contributed by atoms with Crippen LogP contribution in [0.4, 0.5) is 0 Å². The van der Waals surface area contributed by atoms with Crippen molar-refractivity contribution in [2.75, 3.05) is 39.9 Å². The molecule has 6 nitrogen and oxygen atoms in total. The van der Waals surface area contributed by atoms with Crippen molar-refractivity contribution >= 4 is 27.7 Å². The third kappa shape index (κ3) is 4.14. The van der Waals surface area contributed by atoms with Crippen LogP contribution in [0.25, 0.3) is 0 Å². The van der Waals surface area contributed by atoms with Gasteiger partial charge in [-0.15, -0.1) is 0 Å². The third-order valence-electron chi connectivity index (χ3n) is 4.73. The molecule has 1 aliphatic heterocycles. The molecule has 1 aromatic rings. The fraction of sp³-hybridized carbons (Fsp3) is 0.579. The summed E-state index contributed by atoms with van der Waals surface area (Å²) in [5, 5.41) is 0. The van der Waals surface area contributed by atoms with Gasteiger partial charge in [0.25, 0.3) is 5.91 Å². The largest absolute Gasteiger partial charge is 0.493 e. The molecule has 0 aromatic heterocycles. The molecule has 2 aliphatic rings. The Kier molecular flexibility index (Phi) is 6.06. The summed E-state index contributed by atoms with van der Waals surface area (Å²) in [5.41, 5.74) is 0.555. The SMILES string of the molecule is CCCOc1c(Br)cc(C(=O)N2CCN(C(=O)C3CC3)CC2)cc1OC. The number of rotatable bonds is 6. The lowest BCUT2D eigenvalue weighted by atomic mass is 10.1. The Morgan fingerprint density at radius 2 is 1.81 bits per heavy atom. The summed E-state index contributed by atoms with van der Waals surface area (Å²) >= 11 is 3.48. The van der Waals surface area contributed by atoms with Gasteiger partial charge in [-0.2, -0.15) is 0 Å². The van der Waals surface area contributed by atoms with Gasteiger partial charge in [-0.25, -0.2) is 0 Å². The Morgan fingerprint density at radius 3 is 2.38 bits per heavy atom. The second-order valence-electron chi connectivity index (χ2n) is 6.73. The van der Waals surface area contributed by atoms with Crippen molar-refractivity contribution in [2.24, 2.45) is 5.92 Å². The Morgan fingerprint density at radius 1 is 1.15 bits per heavy atom. The summed E-state index contributed by atoms with van der Waals surface area (Å²) in [6, 6.07) is 3.50. The van der Waals surface area contributed by atoms with E-state index in [9.17, 15) is 9.59 Å². The molecule has 1 saturated carbocycles. The van der Waals surface area contributed by atoms with Crippen LogP contribution in [-0.4, -0.2) is 61.5 Å². The van der Waals surface area contributed by atoms with Gasteiger partial charge in [0.15, 0.2) is 11.5 Å². The predicted molar refractivity (Wildman–Crippen MR) is 102 cm³/mol. The highest BCUT2D eigenvalue weighted by Gasteiger charge is 2.35. The second kappa shape index (κ2) is 8.29. The van der Waals surface area contributed by atoms with Crippen LogP contribution >= 0.6 is 15.9 Å². The number of methoxy groups -OCH3 is 1. The van der Waals surface area contributed by atoms with E-state index in [0.29, 0.717) is 54.3 Å². The molecule has 2 amide bonds. The van der Waals surface area contributed by atoms with Crippen molar-refractivity contribution in [3.63, 3.8) is 0 Å². The van der Waals surface area contributed by atoms with Gasteiger partial charge in [0.2, 0.25) is 5.91 Å². The quantitative estimate of drug-likeness (QED) is 0.704. The molecule has 26 heavy (non-hydrogen) atoms. The molecule has 0 bridgehead atoms. The van der Waals surface area contributed by atoms with Crippen LogP contribution in [0.1, 0.15) is 36.5 Å². The number of hydrogen-bond donors (Lipinski definition) is 0. The van der Waals surface area contributed by atoms with Crippen molar-refractivity contribution in [1.29, 1.82) is 0 Å². The van der Waals surface area contributed by atoms with Gasteiger partial charge in [-0.1, -0.05) is 6.92 Å². The molecule has 0 N–H and O–H groups in total. The molecule has 1 aromatic carbocycles. The average molecular weight is 425 g/mol. The topological polar surface area (TPSA) is 59.1 Å². The van der Waals surface area contributed by atoms with Gasteiger partial charge >= 0.3 is 0 Å². The van der Waals surface area contributed by atoms with E-state index in [-0.39, 0.29) is 17.7 Å². The fourth-order valence-electron chi connectivity index (χ4n) is 3.09. The maximum Gasteiger partial charge on any atom is 0.254 e. The van der Waals surface area contributed by atoms with Crippen LogP contribution in [-0.2, 0) is 4.79 Å². The lowest BCUT2D eigenvalue weighted by Gasteiger charge is -2.35. The minimum absolute atomic E-state index is 0.0513. The standard InChI is InChI=1S/C19H25BrN2O4/c1-3-10-26-17-15(20)11-14(12-16(17)25-2)19(24)22-8-6-21(7-9-22)18(23)13-4-5-13/h11-13H,3-10H2,1-2H3. The smallest absolute Gasteiger partial charge is 0.254 e. The van der Waals surface area contributed by atoms with Gasteiger partial charge in [-0.05, 0) is 47.3 Å². The first-order valence-corrected chi connectivity index (χ1v) is 9.92. The first-order valence-electron chi connectivity index (χ1n) is 9.13. The summed E-state index contributed by atoms with van der Waals surface area (Å²) in [6.07, 6.45) is 2.91. The Hall–Kier alpha value is -1.76. The summed E-state index contributed by atoms with van der Waals surface area (Å²) in [5.74, 6) is 1.58. The van der Waals surface area contributed by atoms with E-state index in [1.54, 1.807) is 24.1 Å². The molecule has 1 heterocycles. The highest BCUT2D eigenvalue weighted by Crippen LogP contribution is 2.37. The van der Waals surface area contributed by atoms with E-state index in [2.05, 4.69) is 15.9 Å². The van der Waals surface area contributed by atoms with E-state index in [1.807, 2.05) is 11.8 Å². The summed E-state index contributed by atoms with van der Waals surface area (Å²) in [7, 11) is 1.57. The number of piperazine rings is 1. The van der Waals surface area contributed by atoms with Gasteiger partial charge in [0, 0.05) is 37.7 Å². The molecule has 3 rings (SSSR count). The molecule has 0 atom stereocenters. The number of nitrogens with zero attached hydrogens (tertiary/aromatic N) is 2. The zero-order chi connectivity index (χ0) is 18.7. The van der Waals surface area contributed by atoms with Crippen LogP contribution in [0, 0.1) is 5.92 Å². The predicted octanol–water partition coefficient (Wildman–Crippen LogP) is 2.94. The highest BCUT2D eigenvalue weighted by molar-refractivity contribution is 9.10. The maximum atomic E-state index is 12.9.